The molecule has 0 aromatic rings. The zero-order valence-electron chi connectivity index (χ0n) is 32.8. The van der Waals surface area contributed by atoms with Gasteiger partial charge in [0, 0.05) is 0 Å². The van der Waals surface area contributed by atoms with Gasteiger partial charge in [0.25, 0.3) is 0 Å². The van der Waals surface area contributed by atoms with Crippen molar-refractivity contribution in [2.24, 2.45) is 0 Å². The van der Waals surface area contributed by atoms with Crippen LogP contribution in [0.5, 0.6) is 0 Å². The molecule has 4 atom stereocenters. The Bertz CT molecular complexity index is 1100. The van der Waals surface area contributed by atoms with E-state index in [1.54, 1.807) is 12.2 Å². The van der Waals surface area contributed by atoms with Gasteiger partial charge in [0.15, 0.2) is 0 Å². The quantitative estimate of drug-likeness (QED) is 0.138. The Labute approximate surface area is 289 Å². The van der Waals surface area contributed by atoms with E-state index < -0.39 is 49.4 Å². The van der Waals surface area contributed by atoms with E-state index in [9.17, 15) is 5.11 Å². The predicted molar refractivity (Wildman–Crippen MR) is 206 cm³/mol. The minimum Gasteiger partial charge on any atom is -0.400 e. The van der Waals surface area contributed by atoms with Gasteiger partial charge < -0.3 is 18.4 Å². The third-order valence-electron chi connectivity index (χ3n) is 10.8. The first-order valence-electron chi connectivity index (χ1n) is 18.1. The van der Waals surface area contributed by atoms with Crippen molar-refractivity contribution in [3.05, 3.63) is 12.2 Å². The Balaban J connectivity index is 4.00. The van der Waals surface area contributed by atoms with Crippen molar-refractivity contribution in [3.8, 4) is 35.5 Å². The van der Waals surface area contributed by atoms with Crippen LogP contribution in [-0.4, -0.2) is 54.5 Å². The molecule has 0 fully saturated rings. The summed E-state index contributed by atoms with van der Waals surface area (Å²) in [6, 6.07) is 0. The van der Waals surface area contributed by atoms with E-state index in [0.29, 0.717) is 49.9 Å². The first-order valence-corrected chi connectivity index (χ1v) is 24.5. The molecule has 0 aliphatic heterocycles. The summed E-state index contributed by atoms with van der Waals surface area (Å²) in [6.07, 6.45) is 0.785. The molecule has 4 nitrogen and oxygen atoms in total. The molecule has 0 heterocycles. The van der Waals surface area contributed by atoms with E-state index in [1.165, 1.54) is 0 Å². The van der Waals surface area contributed by atoms with E-state index in [1.807, 2.05) is 0 Å². The predicted octanol–water partition coefficient (Wildman–Crippen LogP) is 10.6. The van der Waals surface area contributed by atoms with Crippen molar-refractivity contribution < 1.29 is 18.4 Å². The second kappa shape index (κ2) is 18.1. The maximum absolute atomic E-state index is 11.4. The second-order valence-corrected chi connectivity index (χ2v) is 32.5. The van der Waals surface area contributed by atoms with Crippen LogP contribution in [0.3, 0.4) is 0 Å². The highest BCUT2D eigenvalue weighted by Crippen LogP contribution is 2.46. The van der Waals surface area contributed by atoms with Crippen LogP contribution in [0.25, 0.3) is 0 Å². The van der Waals surface area contributed by atoms with Crippen LogP contribution in [0.1, 0.15) is 125 Å². The Morgan fingerprint density at radius 1 is 0.435 bits per heavy atom. The van der Waals surface area contributed by atoms with E-state index >= 15 is 0 Å². The Morgan fingerprint density at radius 2 is 0.696 bits per heavy atom. The molecule has 46 heavy (non-hydrogen) atoms. The first kappa shape index (κ1) is 42.9. The zero-order chi connectivity index (χ0) is 35.8. The summed E-state index contributed by atoms with van der Waals surface area (Å²) in [5, 5.41) is 11.4. The standard InChI is InChI=1S/C39H70O4Si3/c1-27(2)44(28(3)4,29(5)6)41-37-24-21-22-26-39(43-46(33(13)14,34(15)16)35(17)18)38(25-20-19-23-36(37)40)42-45(30(7)8,31(9)10)32(11)12/h19,23,27-40H,1-18H3/b23-19-/t36-,37-,38-,39-/m0/s1. The third kappa shape index (κ3) is 9.32. The average Bonchev–Trinajstić information content (AvgIpc) is 2.91. The monoisotopic (exact) mass is 686 g/mol. The summed E-state index contributed by atoms with van der Waals surface area (Å²) in [5.74, 6) is 19.7. The highest BCUT2D eigenvalue weighted by atomic mass is 28.4. The molecule has 0 aromatic heterocycles. The lowest BCUT2D eigenvalue weighted by Crippen LogP contribution is -2.56. The van der Waals surface area contributed by atoms with Gasteiger partial charge in [0.1, 0.15) is 24.4 Å². The van der Waals surface area contributed by atoms with Crippen molar-refractivity contribution in [2.75, 3.05) is 0 Å². The van der Waals surface area contributed by atoms with Gasteiger partial charge in [-0.3, -0.25) is 0 Å². The number of hydrogen-bond donors (Lipinski definition) is 1. The van der Waals surface area contributed by atoms with Crippen LogP contribution in [-0.2, 0) is 13.3 Å². The van der Waals surface area contributed by atoms with Gasteiger partial charge in [-0.05, 0) is 73.9 Å². The van der Waals surface area contributed by atoms with Gasteiger partial charge in [0.05, 0.1) is 0 Å². The van der Waals surface area contributed by atoms with Crippen LogP contribution in [0, 0.1) is 35.5 Å². The number of aliphatic hydroxyl groups is 1. The summed E-state index contributed by atoms with van der Waals surface area (Å²) in [6.45, 7) is 41.0. The van der Waals surface area contributed by atoms with Crippen LogP contribution in [0.2, 0.25) is 49.9 Å². The normalized spacial score (nSPS) is 22.3. The molecule has 0 saturated carbocycles. The smallest absolute Gasteiger partial charge is 0.202 e. The molecule has 1 aliphatic carbocycles. The molecule has 262 valence electrons. The molecule has 0 unspecified atom stereocenters. The van der Waals surface area contributed by atoms with Crippen LogP contribution in [0.15, 0.2) is 12.2 Å². The van der Waals surface area contributed by atoms with E-state index in [2.05, 4.69) is 160 Å². The van der Waals surface area contributed by atoms with Crippen LogP contribution < -0.4 is 0 Å². The van der Waals surface area contributed by atoms with Crippen LogP contribution in [0.4, 0.5) is 0 Å². The summed E-state index contributed by atoms with van der Waals surface area (Å²) < 4.78 is 21.7. The summed E-state index contributed by atoms with van der Waals surface area (Å²) in [5.41, 5.74) is 3.38. The molecule has 1 aliphatic rings. The van der Waals surface area contributed by atoms with Gasteiger partial charge in [-0.1, -0.05) is 148 Å². The van der Waals surface area contributed by atoms with Gasteiger partial charge >= 0.3 is 0 Å². The third-order valence-corrected chi connectivity index (χ3v) is 29.0. The van der Waals surface area contributed by atoms with Gasteiger partial charge in [-0.15, -0.1) is 0 Å². The fourth-order valence-corrected chi connectivity index (χ4v) is 25.3. The number of aliphatic hydroxyl groups excluding tert-OH is 1. The zero-order valence-corrected chi connectivity index (χ0v) is 35.8. The van der Waals surface area contributed by atoms with E-state index in [0.717, 1.165) is 0 Å². The lowest BCUT2D eigenvalue weighted by Gasteiger charge is -2.47. The molecular weight excluding hydrogens is 617 g/mol. The molecule has 1 rings (SSSR count). The molecule has 0 saturated heterocycles. The summed E-state index contributed by atoms with van der Waals surface area (Å²) >= 11 is 0. The Morgan fingerprint density at radius 3 is 1.00 bits per heavy atom. The SMILES string of the molecule is CC(C)[Si](O[C@H]1C#CC#C[C@H](O[Si](C(C)C)(C(C)C)C(C)C)[C@@H](O)/C=C\C#C[C@@H]1O[Si](C(C)C)(C(C)C)C(C)C)(C(C)C)C(C)C. The van der Waals surface area contributed by atoms with Crippen molar-refractivity contribution in [1.29, 1.82) is 0 Å². The van der Waals surface area contributed by atoms with Crippen molar-refractivity contribution >= 4 is 25.0 Å². The summed E-state index contributed by atoms with van der Waals surface area (Å²) in [7, 11) is -7.02. The van der Waals surface area contributed by atoms with Crippen molar-refractivity contribution in [3.63, 3.8) is 0 Å². The molecule has 0 amide bonds. The maximum atomic E-state index is 11.4. The average molecular weight is 687 g/mol. The number of hydrogen-bond acceptors (Lipinski definition) is 4. The Kier molecular flexibility index (Phi) is 16.9. The molecule has 7 heteroatoms. The summed E-state index contributed by atoms with van der Waals surface area (Å²) in [4.78, 5) is 0. The molecular formula is C39H70O4Si3. The molecule has 0 radical (unpaired) electrons. The lowest BCUT2D eigenvalue weighted by molar-refractivity contribution is 0.0901. The fourth-order valence-electron chi connectivity index (χ4n) is 9.00. The van der Waals surface area contributed by atoms with Gasteiger partial charge in [0.2, 0.25) is 25.0 Å². The fraction of sp³-hybridized carbons (Fsp3) is 0.795. The molecule has 0 spiro atoms. The van der Waals surface area contributed by atoms with Crippen LogP contribution >= 0.6 is 0 Å². The first-order chi connectivity index (χ1) is 21.2. The minimum absolute atomic E-state index is 0.363. The van der Waals surface area contributed by atoms with E-state index in [-0.39, 0.29) is 0 Å². The molecule has 0 bridgehead atoms. The Hall–Kier alpha value is -1.09. The van der Waals surface area contributed by atoms with Crippen molar-refractivity contribution in [2.45, 2.75) is 199 Å². The van der Waals surface area contributed by atoms with Gasteiger partial charge in [-0.2, -0.15) is 0 Å². The largest absolute Gasteiger partial charge is 0.400 e. The number of allylic oxidation sites excluding steroid dienone is 1. The minimum atomic E-state index is -2.36. The van der Waals surface area contributed by atoms with Crippen molar-refractivity contribution in [1.82, 2.24) is 0 Å². The van der Waals surface area contributed by atoms with Gasteiger partial charge in [-0.25, -0.2) is 0 Å². The topological polar surface area (TPSA) is 47.9 Å². The second-order valence-electron chi connectivity index (χ2n) is 16.2. The molecule has 1 N–H and O–H groups in total. The maximum Gasteiger partial charge on any atom is 0.202 e. The lowest BCUT2D eigenvalue weighted by atomic mass is 10.1. The highest BCUT2D eigenvalue weighted by molar-refractivity contribution is 6.78. The number of rotatable bonds is 15. The molecule has 0 aromatic carbocycles. The van der Waals surface area contributed by atoms with E-state index in [4.69, 9.17) is 13.3 Å². The highest BCUT2D eigenvalue weighted by Gasteiger charge is 2.51.